The van der Waals surface area contributed by atoms with E-state index in [0.29, 0.717) is 5.75 Å². The fraction of sp³-hybridized carbons (Fsp3) is 0.0952. The number of anilines is 1. The molecule has 4 nitrogen and oxygen atoms in total. The molecule has 0 aliphatic carbocycles. The van der Waals surface area contributed by atoms with Crippen LogP contribution in [0.5, 0.6) is 11.5 Å². The van der Waals surface area contributed by atoms with Crippen molar-refractivity contribution in [3.63, 3.8) is 0 Å². The van der Waals surface area contributed by atoms with Gasteiger partial charge in [0.2, 0.25) is 5.91 Å². The molecule has 0 fully saturated rings. The normalized spacial score (nSPS) is 10.3. The van der Waals surface area contributed by atoms with Gasteiger partial charge in [-0.1, -0.05) is 48.5 Å². The van der Waals surface area contributed by atoms with Crippen molar-refractivity contribution >= 4 is 11.6 Å². The molecule has 0 radical (unpaired) electrons. The Bertz CT molecular complexity index is 858. The first-order valence-electron chi connectivity index (χ1n) is 7.97. The predicted molar refractivity (Wildman–Crippen MR) is 98.9 cm³/mol. The second kappa shape index (κ2) is 7.53. The zero-order valence-corrected chi connectivity index (χ0v) is 13.9. The minimum Gasteiger partial charge on any atom is -0.504 e. The van der Waals surface area contributed by atoms with Gasteiger partial charge < -0.3 is 15.2 Å². The fourth-order valence-corrected chi connectivity index (χ4v) is 2.60. The molecular weight excluding hydrogens is 314 g/mol. The van der Waals surface area contributed by atoms with Crippen molar-refractivity contribution < 1.29 is 14.6 Å². The maximum Gasteiger partial charge on any atom is 0.228 e. The van der Waals surface area contributed by atoms with Crippen molar-refractivity contribution in [3.8, 4) is 22.6 Å². The van der Waals surface area contributed by atoms with Gasteiger partial charge in [0.1, 0.15) is 0 Å². The van der Waals surface area contributed by atoms with Crippen LogP contribution in [0.1, 0.15) is 5.56 Å². The largest absolute Gasteiger partial charge is 0.504 e. The fourth-order valence-electron chi connectivity index (χ4n) is 2.60. The molecule has 1 amide bonds. The molecule has 0 atom stereocenters. The second-order valence-corrected chi connectivity index (χ2v) is 5.67. The van der Waals surface area contributed by atoms with E-state index in [0.717, 1.165) is 22.4 Å². The lowest BCUT2D eigenvalue weighted by atomic mass is 10.1. The quantitative estimate of drug-likeness (QED) is 0.734. The van der Waals surface area contributed by atoms with Crippen LogP contribution in [-0.2, 0) is 11.2 Å². The molecular formula is C21H19NO3. The van der Waals surface area contributed by atoms with E-state index in [1.807, 2.05) is 54.6 Å². The first-order chi connectivity index (χ1) is 12.2. The lowest BCUT2D eigenvalue weighted by molar-refractivity contribution is -0.115. The highest BCUT2D eigenvalue weighted by atomic mass is 16.5. The number of rotatable bonds is 5. The summed E-state index contributed by atoms with van der Waals surface area (Å²) in [5.74, 6) is 0.292. The number of carbonyl (C=O) groups is 1. The van der Waals surface area contributed by atoms with Crippen LogP contribution in [0.15, 0.2) is 72.8 Å². The number of amides is 1. The monoisotopic (exact) mass is 333 g/mol. The maximum absolute atomic E-state index is 12.2. The van der Waals surface area contributed by atoms with Crippen molar-refractivity contribution in [2.24, 2.45) is 0 Å². The predicted octanol–water partition coefficient (Wildman–Crippen LogP) is 4.25. The summed E-state index contributed by atoms with van der Waals surface area (Å²) in [6.45, 7) is 0. The molecule has 4 heteroatoms. The van der Waals surface area contributed by atoms with E-state index in [4.69, 9.17) is 4.74 Å². The van der Waals surface area contributed by atoms with Crippen LogP contribution >= 0.6 is 0 Å². The molecule has 3 aromatic rings. The van der Waals surface area contributed by atoms with Crippen LogP contribution < -0.4 is 10.1 Å². The molecule has 0 unspecified atom stereocenters. The lowest BCUT2D eigenvalue weighted by Crippen LogP contribution is -2.14. The smallest absolute Gasteiger partial charge is 0.228 e. The van der Waals surface area contributed by atoms with Gasteiger partial charge in [0, 0.05) is 5.69 Å². The number of phenolic OH excluding ortho intramolecular Hbond substituents is 1. The van der Waals surface area contributed by atoms with Crippen molar-refractivity contribution in [1.29, 1.82) is 0 Å². The summed E-state index contributed by atoms with van der Waals surface area (Å²) in [5, 5.41) is 12.5. The molecule has 0 heterocycles. The van der Waals surface area contributed by atoms with Gasteiger partial charge in [-0.05, 0) is 41.0 Å². The first-order valence-corrected chi connectivity index (χ1v) is 7.97. The van der Waals surface area contributed by atoms with E-state index in [1.54, 1.807) is 12.1 Å². The van der Waals surface area contributed by atoms with Crippen molar-refractivity contribution in [2.45, 2.75) is 6.42 Å². The topological polar surface area (TPSA) is 58.6 Å². The third-order valence-corrected chi connectivity index (χ3v) is 3.88. The van der Waals surface area contributed by atoms with E-state index in [-0.39, 0.29) is 18.1 Å². The summed E-state index contributed by atoms with van der Waals surface area (Å²) >= 11 is 0. The van der Waals surface area contributed by atoms with E-state index < -0.39 is 0 Å². The number of phenols is 1. The number of aromatic hydroxyl groups is 1. The molecule has 0 aliphatic heterocycles. The molecule has 0 saturated carbocycles. The number of nitrogens with one attached hydrogen (secondary N) is 1. The van der Waals surface area contributed by atoms with Crippen LogP contribution in [0, 0.1) is 0 Å². The Morgan fingerprint density at radius 3 is 2.32 bits per heavy atom. The van der Waals surface area contributed by atoms with E-state index in [2.05, 4.69) is 5.32 Å². The maximum atomic E-state index is 12.2. The Hall–Kier alpha value is -3.27. The van der Waals surface area contributed by atoms with Gasteiger partial charge in [-0.3, -0.25) is 4.79 Å². The molecule has 0 aromatic heterocycles. The summed E-state index contributed by atoms with van der Waals surface area (Å²) in [4.78, 5) is 12.2. The number of hydrogen-bond acceptors (Lipinski definition) is 3. The zero-order chi connectivity index (χ0) is 17.6. The number of ether oxygens (including phenoxy) is 1. The minimum atomic E-state index is -0.125. The SMILES string of the molecule is COc1cc(CC(=O)Nc2ccc(-c3ccccc3)cc2)ccc1O. The molecule has 0 bridgehead atoms. The number of hydrogen-bond donors (Lipinski definition) is 2. The Morgan fingerprint density at radius 1 is 0.960 bits per heavy atom. The first kappa shape index (κ1) is 16.6. The summed E-state index contributed by atoms with van der Waals surface area (Å²) in [6.07, 6.45) is 0.205. The molecule has 25 heavy (non-hydrogen) atoms. The second-order valence-electron chi connectivity index (χ2n) is 5.67. The highest BCUT2D eigenvalue weighted by molar-refractivity contribution is 5.92. The van der Waals surface area contributed by atoms with Crippen LogP contribution in [-0.4, -0.2) is 18.1 Å². The third kappa shape index (κ3) is 4.18. The molecule has 0 aliphatic rings. The van der Waals surface area contributed by atoms with Gasteiger partial charge in [0.05, 0.1) is 13.5 Å². The number of carbonyl (C=O) groups excluding carboxylic acids is 1. The van der Waals surface area contributed by atoms with Gasteiger partial charge in [0.15, 0.2) is 11.5 Å². The minimum absolute atomic E-state index is 0.0585. The van der Waals surface area contributed by atoms with E-state index in [1.165, 1.54) is 13.2 Å². The lowest BCUT2D eigenvalue weighted by Gasteiger charge is -2.09. The molecule has 0 spiro atoms. The summed E-state index contributed by atoms with van der Waals surface area (Å²) in [7, 11) is 1.48. The zero-order valence-electron chi connectivity index (χ0n) is 13.9. The van der Waals surface area contributed by atoms with Crippen molar-refractivity contribution in [1.82, 2.24) is 0 Å². The third-order valence-electron chi connectivity index (χ3n) is 3.88. The number of benzene rings is 3. The highest BCUT2D eigenvalue weighted by Gasteiger charge is 2.08. The molecule has 2 N–H and O–H groups in total. The Balaban J connectivity index is 1.65. The summed E-state index contributed by atoms with van der Waals surface area (Å²) < 4.78 is 5.06. The van der Waals surface area contributed by atoms with Crippen molar-refractivity contribution in [3.05, 3.63) is 78.4 Å². The highest BCUT2D eigenvalue weighted by Crippen LogP contribution is 2.26. The molecule has 0 saturated heterocycles. The average Bonchev–Trinajstić information content (AvgIpc) is 2.64. The summed E-state index contributed by atoms with van der Waals surface area (Å²) in [6, 6.07) is 22.7. The van der Waals surface area contributed by atoms with Crippen LogP contribution in [0.3, 0.4) is 0 Å². The van der Waals surface area contributed by atoms with Crippen LogP contribution in [0.2, 0.25) is 0 Å². The van der Waals surface area contributed by atoms with Gasteiger partial charge in [-0.25, -0.2) is 0 Å². The summed E-state index contributed by atoms with van der Waals surface area (Å²) in [5.41, 5.74) is 3.75. The van der Waals surface area contributed by atoms with E-state index >= 15 is 0 Å². The Kier molecular flexibility index (Phi) is 5.00. The van der Waals surface area contributed by atoms with Gasteiger partial charge >= 0.3 is 0 Å². The van der Waals surface area contributed by atoms with E-state index in [9.17, 15) is 9.90 Å². The standard InChI is InChI=1S/C21H19NO3/c1-25-20-13-15(7-12-19(20)23)14-21(24)22-18-10-8-17(9-11-18)16-5-3-2-4-6-16/h2-13,23H,14H2,1H3,(H,22,24). The van der Waals surface area contributed by atoms with Crippen molar-refractivity contribution in [2.75, 3.05) is 12.4 Å². The molecule has 126 valence electrons. The van der Waals surface area contributed by atoms with Gasteiger partial charge in [0.25, 0.3) is 0 Å². The average molecular weight is 333 g/mol. The number of methoxy groups -OCH3 is 1. The Labute approximate surface area is 146 Å². The molecule has 3 aromatic carbocycles. The van der Waals surface area contributed by atoms with Gasteiger partial charge in [-0.15, -0.1) is 0 Å². The van der Waals surface area contributed by atoms with Crippen LogP contribution in [0.4, 0.5) is 5.69 Å². The van der Waals surface area contributed by atoms with Gasteiger partial charge in [-0.2, -0.15) is 0 Å². The van der Waals surface area contributed by atoms with Crippen LogP contribution in [0.25, 0.3) is 11.1 Å². The Morgan fingerprint density at radius 2 is 1.64 bits per heavy atom. The molecule has 3 rings (SSSR count).